The summed E-state index contributed by atoms with van der Waals surface area (Å²) in [5.74, 6) is -0.0242. The van der Waals surface area contributed by atoms with Crippen LogP contribution >= 0.6 is 23.2 Å². The maximum Gasteiger partial charge on any atom is 0.229 e. The topological polar surface area (TPSA) is 26.0 Å². The lowest BCUT2D eigenvalue weighted by Crippen LogP contribution is -1.85. The first-order valence-corrected chi connectivity index (χ1v) is 5.08. The lowest BCUT2D eigenvalue weighted by atomic mass is 10.2. The Hall–Kier alpha value is -1.06. The molecule has 0 atom stereocenters. The molecule has 0 spiro atoms. The second kappa shape index (κ2) is 4.21. The molecule has 0 unspecified atom stereocenters. The highest BCUT2D eigenvalue weighted by molar-refractivity contribution is 6.30. The van der Waals surface area contributed by atoms with Crippen LogP contribution in [0.3, 0.4) is 0 Å². The molecule has 0 amide bonds. The molecule has 2 aromatic rings. The maximum atomic E-state index is 13.4. The van der Waals surface area contributed by atoms with Gasteiger partial charge < -0.3 is 4.42 Å². The van der Waals surface area contributed by atoms with E-state index in [0.717, 1.165) is 0 Å². The fraction of sp³-hybridized carbons (Fsp3) is 0.100. The van der Waals surface area contributed by atoms with Gasteiger partial charge in [-0.2, -0.15) is 0 Å². The molecule has 1 aromatic carbocycles. The van der Waals surface area contributed by atoms with E-state index >= 15 is 0 Å². The van der Waals surface area contributed by atoms with E-state index in [2.05, 4.69) is 4.98 Å². The summed E-state index contributed by atoms with van der Waals surface area (Å²) in [5, 5.41) is 0.334. The van der Waals surface area contributed by atoms with Crippen LogP contribution in [0.25, 0.3) is 11.5 Å². The summed E-state index contributed by atoms with van der Waals surface area (Å²) in [6, 6.07) is 4.30. The van der Waals surface area contributed by atoms with E-state index in [1.165, 1.54) is 18.4 Å². The molecule has 2 nitrogen and oxygen atoms in total. The highest BCUT2D eigenvalue weighted by Gasteiger charge is 2.11. The van der Waals surface area contributed by atoms with Gasteiger partial charge in [0, 0.05) is 5.02 Å². The summed E-state index contributed by atoms with van der Waals surface area (Å²) >= 11 is 11.2. The van der Waals surface area contributed by atoms with Crippen molar-refractivity contribution >= 4 is 23.2 Å². The molecule has 0 aliphatic rings. The SMILES string of the molecule is Fc1cc(Cl)ccc1-c1nc(CCl)co1. The van der Waals surface area contributed by atoms with Gasteiger partial charge in [0.1, 0.15) is 12.1 Å². The molecule has 0 saturated carbocycles. The fourth-order valence-electron chi connectivity index (χ4n) is 1.15. The zero-order chi connectivity index (χ0) is 10.8. The number of oxazole rings is 1. The first-order valence-electron chi connectivity index (χ1n) is 4.16. The first kappa shape index (κ1) is 10.5. The van der Waals surface area contributed by atoms with Crippen LogP contribution in [-0.4, -0.2) is 4.98 Å². The molecular formula is C10H6Cl2FNO. The van der Waals surface area contributed by atoms with E-state index in [0.29, 0.717) is 10.7 Å². The minimum Gasteiger partial charge on any atom is -0.444 e. The lowest BCUT2D eigenvalue weighted by Gasteiger charge is -1.97. The Morgan fingerprint density at radius 2 is 2.20 bits per heavy atom. The number of rotatable bonds is 2. The molecule has 0 aliphatic heterocycles. The number of alkyl halides is 1. The third-order valence-corrected chi connectivity index (χ3v) is 2.36. The number of benzene rings is 1. The molecule has 0 N–H and O–H groups in total. The van der Waals surface area contributed by atoms with E-state index in [4.69, 9.17) is 27.6 Å². The summed E-state index contributed by atoms with van der Waals surface area (Å²) in [4.78, 5) is 4.01. The predicted octanol–water partition coefficient (Wildman–Crippen LogP) is 3.87. The molecule has 78 valence electrons. The largest absolute Gasteiger partial charge is 0.444 e. The van der Waals surface area contributed by atoms with Crippen molar-refractivity contribution in [3.05, 3.63) is 41.0 Å². The minimum absolute atomic E-state index is 0.208. The molecule has 1 aromatic heterocycles. The van der Waals surface area contributed by atoms with Gasteiger partial charge in [0.25, 0.3) is 0 Å². The molecule has 0 saturated heterocycles. The highest BCUT2D eigenvalue weighted by Crippen LogP contribution is 2.24. The third-order valence-electron chi connectivity index (χ3n) is 1.85. The molecule has 15 heavy (non-hydrogen) atoms. The normalized spacial score (nSPS) is 10.6. The lowest BCUT2D eigenvalue weighted by molar-refractivity contribution is 0.561. The summed E-state index contributed by atoms with van der Waals surface area (Å²) in [7, 11) is 0. The van der Waals surface area contributed by atoms with Gasteiger partial charge in [0.2, 0.25) is 5.89 Å². The molecule has 0 radical (unpaired) electrons. The standard InChI is InChI=1S/C10H6Cl2FNO/c11-4-7-5-15-10(14-7)8-2-1-6(12)3-9(8)13/h1-3,5H,4H2. The molecular weight excluding hydrogens is 240 g/mol. The quantitative estimate of drug-likeness (QED) is 0.751. The molecule has 0 aliphatic carbocycles. The molecule has 2 rings (SSSR count). The average Bonchev–Trinajstić information content (AvgIpc) is 2.66. The van der Waals surface area contributed by atoms with Gasteiger partial charge in [0.15, 0.2) is 0 Å². The molecule has 0 bridgehead atoms. The van der Waals surface area contributed by atoms with Crippen LogP contribution in [0.15, 0.2) is 28.9 Å². The van der Waals surface area contributed by atoms with Crippen molar-refractivity contribution in [3.8, 4) is 11.5 Å². The van der Waals surface area contributed by atoms with Crippen LogP contribution in [0.5, 0.6) is 0 Å². The Bertz CT molecular complexity index is 484. The van der Waals surface area contributed by atoms with Crippen molar-refractivity contribution in [2.45, 2.75) is 5.88 Å². The average molecular weight is 246 g/mol. The minimum atomic E-state index is -0.467. The van der Waals surface area contributed by atoms with Gasteiger partial charge in [-0.1, -0.05) is 11.6 Å². The smallest absolute Gasteiger partial charge is 0.229 e. The zero-order valence-electron chi connectivity index (χ0n) is 7.51. The van der Waals surface area contributed by atoms with Gasteiger partial charge in [-0.3, -0.25) is 0 Å². The van der Waals surface area contributed by atoms with E-state index in [9.17, 15) is 4.39 Å². The monoisotopic (exact) mass is 245 g/mol. The van der Waals surface area contributed by atoms with Crippen LogP contribution in [0.2, 0.25) is 5.02 Å². The van der Waals surface area contributed by atoms with Crippen LogP contribution in [0.1, 0.15) is 5.69 Å². The number of hydrogen-bond donors (Lipinski definition) is 0. The number of nitrogens with zero attached hydrogens (tertiary/aromatic N) is 1. The summed E-state index contributed by atoms with van der Waals surface area (Å²) < 4.78 is 18.5. The zero-order valence-corrected chi connectivity index (χ0v) is 9.02. The number of hydrogen-bond acceptors (Lipinski definition) is 2. The Balaban J connectivity index is 2.44. The number of halogens is 3. The second-order valence-electron chi connectivity index (χ2n) is 2.90. The van der Waals surface area contributed by atoms with Crippen LogP contribution in [-0.2, 0) is 5.88 Å². The van der Waals surface area contributed by atoms with E-state index in [-0.39, 0.29) is 17.3 Å². The summed E-state index contributed by atoms with van der Waals surface area (Å²) in [5.41, 5.74) is 0.844. The molecule has 0 fully saturated rings. The van der Waals surface area contributed by atoms with Gasteiger partial charge in [-0.15, -0.1) is 11.6 Å². The Kier molecular flexibility index (Phi) is 2.93. The summed E-state index contributed by atoms with van der Waals surface area (Å²) in [6.45, 7) is 0. The first-order chi connectivity index (χ1) is 7.20. The van der Waals surface area contributed by atoms with E-state index in [1.54, 1.807) is 6.07 Å². The van der Waals surface area contributed by atoms with Crippen molar-refractivity contribution in [1.82, 2.24) is 4.98 Å². The van der Waals surface area contributed by atoms with E-state index < -0.39 is 5.82 Å². The fourth-order valence-corrected chi connectivity index (χ4v) is 1.44. The van der Waals surface area contributed by atoms with Crippen LogP contribution in [0.4, 0.5) is 4.39 Å². The Labute approximate surface area is 95.6 Å². The Morgan fingerprint density at radius 1 is 1.40 bits per heavy atom. The summed E-state index contributed by atoms with van der Waals surface area (Å²) in [6.07, 6.45) is 1.40. The van der Waals surface area contributed by atoms with Gasteiger partial charge >= 0.3 is 0 Å². The van der Waals surface area contributed by atoms with Gasteiger partial charge in [-0.25, -0.2) is 9.37 Å². The molecule has 5 heteroatoms. The van der Waals surface area contributed by atoms with Crippen molar-refractivity contribution in [3.63, 3.8) is 0 Å². The van der Waals surface area contributed by atoms with Crippen molar-refractivity contribution < 1.29 is 8.81 Å². The Morgan fingerprint density at radius 3 is 2.80 bits per heavy atom. The third kappa shape index (κ3) is 2.13. The number of aromatic nitrogens is 1. The van der Waals surface area contributed by atoms with E-state index in [1.807, 2.05) is 0 Å². The maximum absolute atomic E-state index is 13.4. The van der Waals surface area contributed by atoms with Crippen LogP contribution in [0, 0.1) is 5.82 Å². The van der Waals surface area contributed by atoms with Crippen LogP contribution < -0.4 is 0 Å². The van der Waals surface area contributed by atoms with Crippen molar-refractivity contribution in [2.24, 2.45) is 0 Å². The molecule has 1 heterocycles. The van der Waals surface area contributed by atoms with Crippen molar-refractivity contribution in [2.75, 3.05) is 0 Å². The predicted molar refractivity (Wildman–Crippen MR) is 56.5 cm³/mol. The van der Waals surface area contributed by atoms with Gasteiger partial charge in [-0.05, 0) is 18.2 Å². The second-order valence-corrected chi connectivity index (χ2v) is 3.61. The van der Waals surface area contributed by atoms with Crippen molar-refractivity contribution in [1.29, 1.82) is 0 Å². The van der Waals surface area contributed by atoms with Gasteiger partial charge in [0.05, 0.1) is 17.1 Å². The highest BCUT2D eigenvalue weighted by atomic mass is 35.5.